The standard InChI is InChI=1S/C22H19ClN2O3/c1-15(24-22(27)19-9-5-6-10-20(19)23)21(26)25-16-11-13-18(14-12-16)28-17-7-3-2-4-8-17/h2-15H,1H3,(H,24,27)(H,25,26)/t15-/m1/s1. The zero-order valence-electron chi connectivity index (χ0n) is 15.2. The summed E-state index contributed by atoms with van der Waals surface area (Å²) < 4.78 is 5.72. The molecule has 0 aromatic heterocycles. The molecule has 0 bridgehead atoms. The molecule has 0 spiro atoms. The number of carbonyl (C=O) groups is 2. The van der Waals surface area contributed by atoms with Crippen molar-refractivity contribution in [1.82, 2.24) is 5.32 Å². The van der Waals surface area contributed by atoms with Gasteiger partial charge in [0.2, 0.25) is 5.91 Å². The van der Waals surface area contributed by atoms with Crippen LogP contribution in [0.4, 0.5) is 5.69 Å². The van der Waals surface area contributed by atoms with Gasteiger partial charge in [-0.15, -0.1) is 0 Å². The number of amides is 2. The number of rotatable bonds is 6. The molecule has 0 saturated heterocycles. The number of halogens is 1. The topological polar surface area (TPSA) is 67.4 Å². The molecule has 0 aliphatic rings. The fourth-order valence-corrected chi connectivity index (χ4v) is 2.69. The normalized spacial score (nSPS) is 11.4. The van der Waals surface area contributed by atoms with Gasteiger partial charge in [0.15, 0.2) is 0 Å². The number of carbonyl (C=O) groups excluding carboxylic acids is 2. The third kappa shape index (κ3) is 5.11. The van der Waals surface area contributed by atoms with Crippen LogP contribution in [0.15, 0.2) is 78.9 Å². The first kappa shape index (κ1) is 19.5. The van der Waals surface area contributed by atoms with E-state index in [1.807, 2.05) is 30.3 Å². The number of nitrogens with one attached hydrogen (secondary N) is 2. The summed E-state index contributed by atoms with van der Waals surface area (Å²) in [4.78, 5) is 24.6. The van der Waals surface area contributed by atoms with E-state index in [1.165, 1.54) is 0 Å². The van der Waals surface area contributed by atoms with Gasteiger partial charge in [-0.3, -0.25) is 9.59 Å². The Morgan fingerprint density at radius 2 is 1.46 bits per heavy atom. The maximum absolute atomic E-state index is 12.4. The van der Waals surface area contributed by atoms with Gasteiger partial charge in [-0.05, 0) is 55.5 Å². The number of anilines is 1. The number of benzene rings is 3. The molecule has 6 heteroatoms. The van der Waals surface area contributed by atoms with Crippen molar-refractivity contribution >= 4 is 29.1 Å². The average molecular weight is 395 g/mol. The number of hydrogen-bond acceptors (Lipinski definition) is 3. The van der Waals surface area contributed by atoms with Crippen molar-refractivity contribution in [2.24, 2.45) is 0 Å². The van der Waals surface area contributed by atoms with Crippen LogP contribution in [-0.2, 0) is 4.79 Å². The summed E-state index contributed by atoms with van der Waals surface area (Å²) in [5.74, 6) is 0.649. The molecule has 28 heavy (non-hydrogen) atoms. The Balaban J connectivity index is 1.56. The first-order chi connectivity index (χ1) is 13.5. The highest BCUT2D eigenvalue weighted by Gasteiger charge is 2.18. The Morgan fingerprint density at radius 3 is 2.14 bits per heavy atom. The monoisotopic (exact) mass is 394 g/mol. The molecule has 3 aromatic carbocycles. The largest absolute Gasteiger partial charge is 0.457 e. The van der Waals surface area contributed by atoms with Crippen LogP contribution >= 0.6 is 11.6 Å². The van der Waals surface area contributed by atoms with E-state index in [9.17, 15) is 9.59 Å². The second-order valence-electron chi connectivity index (χ2n) is 6.10. The van der Waals surface area contributed by atoms with Crippen molar-refractivity contribution in [3.8, 4) is 11.5 Å². The van der Waals surface area contributed by atoms with Crippen molar-refractivity contribution in [1.29, 1.82) is 0 Å². The van der Waals surface area contributed by atoms with E-state index in [0.29, 0.717) is 22.0 Å². The molecule has 0 aliphatic heterocycles. The van der Waals surface area contributed by atoms with Crippen LogP contribution in [-0.4, -0.2) is 17.9 Å². The van der Waals surface area contributed by atoms with Gasteiger partial charge in [0.05, 0.1) is 10.6 Å². The minimum absolute atomic E-state index is 0.325. The minimum Gasteiger partial charge on any atom is -0.457 e. The summed E-state index contributed by atoms with van der Waals surface area (Å²) in [6.07, 6.45) is 0. The number of ether oxygens (including phenoxy) is 1. The predicted molar refractivity (Wildman–Crippen MR) is 110 cm³/mol. The summed E-state index contributed by atoms with van der Waals surface area (Å²) in [5.41, 5.74) is 0.926. The van der Waals surface area contributed by atoms with E-state index in [-0.39, 0.29) is 5.91 Å². The van der Waals surface area contributed by atoms with Crippen LogP contribution in [0.1, 0.15) is 17.3 Å². The van der Waals surface area contributed by atoms with Crippen molar-refractivity contribution in [3.05, 3.63) is 89.4 Å². The van der Waals surface area contributed by atoms with Crippen LogP contribution in [0.25, 0.3) is 0 Å². The Kier molecular flexibility index (Phi) is 6.29. The van der Waals surface area contributed by atoms with Crippen molar-refractivity contribution in [3.63, 3.8) is 0 Å². The lowest BCUT2D eigenvalue weighted by molar-refractivity contribution is -0.117. The van der Waals surface area contributed by atoms with Gasteiger partial charge >= 0.3 is 0 Å². The molecule has 1 atom stereocenters. The van der Waals surface area contributed by atoms with E-state index in [1.54, 1.807) is 55.5 Å². The van der Waals surface area contributed by atoms with Crippen LogP contribution in [0.5, 0.6) is 11.5 Å². The molecule has 2 N–H and O–H groups in total. The van der Waals surface area contributed by atoms with Gasteiger partial charge in [-0.1, -0.05) is 41.9 Å². The van der Waals surface area contributed by atoms with Gasteiger partial charge in [0.1, 0.15) is 17.5 Å². The molecule has 0 heterocycles. The van der Waals surface area contributed by atoms with Crippen molar-refractivity contribution in [2.45, 2.75) is 13.0 Å². The summed E-state index contributed by atoms with van der Waals surface area (Å²) >= 11 is 6.01. The Labute approximate surface area is 168 Å². The molecule has 0 radical (unpaired) electrons. The van der Waals surface area contributed by atoms with Crippen LogP contribution in [0, 0.1) is 0 Å². The smallest absolute Gasteiger partial charge is 0.253 e. The zero-order chi connectivity index (χ0) is 19.9. The molecule has 2 amide bonds. The second kappa shape index (κ2) is 9.06. The molecule has 0 aliphatic carbocycles. The maximum Gasteiger partial charge on any atom is 0.253 e. The molecule has 0 saturated carbocycles. The van der Waals surface area contributed by atoms with Crippen molar-refractivity contribution < 1.29 is 14.3 Å². The van der Waals surface area contributed by atoms with E-state index in [0.717, 1.165) is 5.75 Å². The van der Waals surface area contributed by atoms with Crippen LogP contribution in [0.2, 0.25) is 5.02 Å². The highest BCUT2D eigenvalue weighted by molar-refractivity contribution is 6.33. The third-order valence-electron chi connectivity index (χ3n) is 3.96. The summed E-state index contributed by atoms with van der Waals surface area (Å²) in [7, 11) is 0. The lowest BCUT2D eigenvalue weighted by Crippen LogP contribution is -2.41. The minimum atomic E-state index is -0.732. The summed E-state index contributed by atoms with van der Waals surface area (Å²) in [6.45, 7) is 1.61. The first-order valence-electron chi connectivity index (χ1n) is 8.72. The fourth-order valence-electron chi connectivity index (χ4n) is 2.47. The van der Waals surface area contributed by atoms with E-state index in [4.69, 9.17) is 16.3 Å². The zero-order valence-corrected chi connectivity index (χ0v) is 15.9. The van der Waals surface area contributed by atoms with Gasteiger partial charge < -0.3 is 15.4 Å². The lowest BCUT2D eigenvalue weighted by Gasteiger charge is -2.15. The van der Waals surface area contributed by atoms with Gasteiger partial charge in [-0.25, -0.2) is 0 Å². The SMILES string of the molecule is C[C@@H](NC(=O)c1ccccc1Cl)C(=O)Nc1ccc(Oc2ccccc2)cc1. The molecular weight excluding hydrogens is 376 g/mol. The van der Waals surface area contributed by atoms with Crippen LogP contribution in [0.3, 0.4) is 0 Å². The molecule has 3 aromatic rings. The highest BCUT2D eigenvalue weighted by atomic mass is 35.5. The highest BCUT2D eigenvalue weighted by Crippen LogP contribution is 2.22. The second-order valence-corrected chi connectivity index (χ2v) is 6.51. The lowest BCUT2D eigenvalue weighted by atomic mass is 10.2. The molecular formula is C22H19ClN2O3. The molecule has 0 fully saturated rings. The van der Waals surface area contributed by atoms with Crippen molar-refractivity contribution in [2.75, 3.05) is 5.32 Å². The Bertz CT molecular complexity index is 959. The van der Waals surface area contributed by atoms with E-state index >= 15 is 0 Å². The quantitative estimate of drug-likeness (QED) is 0.625. The number of para-hydroxylation sites is 1. The average Bonchev–Trinajstić information content (AvgIpc) is 2.70. The van der Waals surface area contributed by atoms with Gasteiger partial charge in [0, 0.05) is 5.69 Å². The first-order valence-corrected chi connectivity index (χ1v) is 9.10. The number of hydrogen-bond donors (Lipinski definition) is 2. The molecule has 5 nitrogen and oxygen atoms in total. The molecule has 0 unspecified atom stereocenters. The summed E-state index contributed by atoms with van der Waals surface area (Å²) in [6, 6.07) is 22.4. The van der Waals surface area contributed by atoms with Gasteiger partial charge in [0.25, 0.3) is 5.91 Å². The van der Waals surface area contributed by atoms with Gasteiger partial charge in [-0.2, -0.15) is 0 Å². The maximum atomic E-state index is 12.4. The fraction of sp³-hybridized carbons (Fsp3) is 0.0909. The van der Waals surface area contributed by atoms with E-state index < -0.39 is 11.9 Å². The Hall–Kier alpha value is -3.31. The van der Waals surface area contributed by atoms with E-state index in [2.05, 4.69) is 10.6 Å². The van der Waals surface area contributed by atoms with Crippen LogP contribution < -0.4 is 15.4 Å². The summed E-state index contributed by atoms with van der Waals surface area (Å²) in [5, 5.41) is 5.74. The Morgan fingerprint density at radius 1 is 0.857 bits per heavy atom. The third-order valence-corrected chi connectivity index (χ3v) is 4.29. The molecule has 142 valence electrons. The molecule has 3 rings (SSSR count). The predicted octanol–water partition coefficient (Wildman–Crippen LogP) is 4.89.